The quantitative estimate of drug-likeness (QED) is 0.885. The van der Waals surface area contributed by atoms with Crippen LogP contribution in [0.1, 0.15) is 12.8 Å². The molecule has 1 aromatic heterocycles. The Labute approximate surface area is 156 Å². The van der Waals surface area contributed by atoms with E-state index in [1.807, 2.05) is 29.6 Å². The Bertz CT molecular complexity index is 754. The minimum absolute atomic E-state index is 0.0737. The number of thiazole rings is 1. The van der Waals surface area contributed by atoms with Crippen molar-refractivity contribution in [3.8, 4) is 11.3 Å². The fourth-order valence-corrected chi connectivity index (χ4v) is 4.32. The average Bonchev–Trinajstić information content (AvgIpc) is 3.03. The summed E-state index contributed by atoms with van der Waals surface area (Å²) in [6.07, 6.45) is 1.85. The van der Waals surface area contributed by atoms with Crippen LogP contribution in [0, 0.1) is 5.92 Å². The van der Waals surface area contributed by atoms with E-state index in [0.717, 1.165) is 50.4 Å². The number of nitrogens with one attached hydrogen (secondary N) is 1. The Hall–Kier alpha value is -1.47. The van der Waals surface area contributed by atoms with E-state index in [4.69, 9.17) is 16.3 Å². The lowest BCUT2D eigenvalue weighted by molar-refractivity contribution is -0.125. The third-order valence-corrected chi connectivity index (χ3v) is 6.02. The number of hydrogen-bond acceptors (Lipinski definition) is 5. The molecule has 0 spiro atoms. The fraction of sp³-hybridized carbons (Fsp3) is 0.444. The number of carbonyl (C=O) groups excluding carboxylic acids is 1. The number of hydrogen-bond donors (Lipinski definition) is 1. The summed E-state index contributed by atoms with van der Waals surface area (Å²) in [4.78, 5) is 19.4. The van der Waals surface area contributed by atoms with Crippen molar-refractivity contribution in [3.63, 3.8) is 0 Å². The molecule has 2 fully saturated rings. The van der Waals surface area contributed by atoms with E-state index in [0.29, 0.717) is 16.2 Å². The normalized spacial score (nSPS) is 23.9. The number of carbonyl (C=O) groups is 1. The summed E-state index contributed by atoms with van der Waals surface area (Å²) in [5.74, 6) is 0.157. The smallest absolute Gasteiger partial charge is 0.229 e. The predicted octanol–water partition coefficient (Wildman–Crippen LogP) is 3.51. The van der Waals surface area contributed by atoms with Gasteiger partial charge in [-0.15, -0.1) is 11.3 Å². The van der Waals surface area contributed by atoms with Crippen LogP contribution in [0.5, 0.6) is 0 Å². The molecule has 0 radical (unpaired) electrons. The number of anilines is 1. The Kier molecular flexibility index (Phi) is 5.03. The van der Waals surface area contributed by atoms with Gasteiger partial charge in [0.2, 0.25) is 5.91 Å². The highest BCUT2D eigenvalue weighted by Gasteiger charge is 2.38. The molecule has 1 aromatic carbocycles. The van der Waals surface area contributed by atoms with Crippen LogP contribution in [0.25, 0.3) is 11.3 Å². The first kappa shape index (κ1) is 17.0. The van der Waals surface area contributed by atoms with Gasteiger partial charge in [-0.05, 0) is 18.9 Å². The molecule has 2 heterocycles. The summed E-state index contributed by atoms with van der Waals surface area (Å²) in [5.41, 5.74) is 1.68. The van der Waals surface area contributed by atoms with Crippen LogP contribution in [0.15, 0.2) is 29.6 Å². The maximum absolute atomic E-state index is 12.4. The van der Waals surface area contributed by atoms with Crippen LogP contribution in [0.3, 0.4) is 0 Å². The van der Waals surface area contributed by atoms with E-state index in [9.17, 15) is 4.79 Å². The number of halogens is 1. The molecule has 0 unspecified atom stereocenters. The first-order valence-electron chi connectivity index (χ1n) is 8.54. The molecule has 1 N–H and O–H groups in total. The molecular formula is C18H20ClN3O2S. The monoisotopic (exact) mass is 377 g/mol. The molecule has 2 aromatic rings. The second-order valence-corrected chi connectivity index (χ2v) is 7.74. The van der Waals surface area contributed by atoms with Gasteiger partial charge in [0.25, 0.3) is 0 Å². The van der Waals surface area contributed by atoms with Gasteiger partial charge >= 0.3 is 0 Å². The standard InChI is InChI=1S/C18H20ClN3O2S/c19-15-4-2-1-3-14(15)16-11-25-18(20-16)21-17(23)12-9-13(10-12)22-5-7-24-8-6-22/h1-4,11-13H,5-10H2,(H,20,21,23)/t12-,13-. The van der Waals surface area contributed by atoms with Crippen molar-refractivity contribution < 1.29 is 9.53 Å². The number of amides is 1. The Morgan fingerprint density at radius 1 is 1.28 bits per heavy atom. The lowest BCUT2D eigenvalue weighted by Gasteiger charge is -2.43. The number of aromatic nitrogens is 1. The van der Waals surface area contributed by atoms with Crippen molar-refractivity contribution in [3.05, 3.63) is 34.7 Å². The third kappa shape index (κ3) is 3.72. The largest absolute Gasteiger partial charge is 0.379 e. The van der Waals surface area contributed by atoms with Gasteiger partial charge < -0.3 is 10.1 Å². The first-order chi connectivity index (χ1) is 12.2. The molecule has 7 heteroatoms. The lowest BCUT2D eigenvalue weighted by Crippen LogP contribution is -2.51. The highest BCUT2D eigenvalue weighted by molar-refractivity contribution is 7.14. The van der Waals surface area contributed by atoms with Crippen molar-refractivity contribution >= 4 is 34.0 Å². The summed E-state index contributed by atoms with van der Waals surface area (Å²) >= 11 is 7.64. The molecule has 2 aliphatic rings. The number of morpholine rings is 1. The molecule has 0 atom stereocenters. The molecule has 5 nitrogen and oxygen atoms in total. The Morgan fingerprint density at radius 3 is 2.80 bits per heavy atom. The molecule has 1 aliphatic heterocycles. The van der Waals surface area contributed by atoms with E-state index in [1.165, 1.54) is 11.3 Å². The zero-order valence-corrected chi connectivity index (χ0v) is 15.4. The van der Waals surface area contributed by atoms with Crippen LogP contribution >= 0.6 is 22.9 Å². The topological polar surface area (TPSA) is 54.5 Å². The summed E-state index contributed by atoms with van der Waals surface area (Å²) in [6, 6.07) is 8.12. The molecule has 1 saturated heterocycles. The number of ether oxygens (including phenoxy) is 1. The van der Waals surface area contributed by atoms with Crippen LogP contribution in [-0.4, -0.2) is 48.1 Å². The molecule has 132 valence electrons. The SMILES string of the molecule is O=C(Nc1nc(-c2ccccc2Cl)cs1)[C@H]1C[C@H](N2CCOCC2)C1. The van der Waals surface area contributed by atoms with Gasteiger partial charge in [0.15, 0.2) is 5.13 Å². The lowest BCUT2D eigenvalue weighted by atomic mass is 9.78. The molecule has 4 rings (SSSR count). The van der Waals surface area contributed by atoms with Crippen LogP contribution in [0.2, 0.25) is 5.02 Å². The zero-order valence-electron chi connectivity index (χ0n) is 13.8. The van der Waals surface area contributed by atoms with Crippen molar-refractivity contribution in [2.45, 2.75) is 18.9 Å². The second kappa shape index (κ2) is 7.41. The van der Waals surface area contributed by atoms with Gasteiger partial charge in [0.1, 0.15) is 0 Å². The van der Waals surface area contributed by atoms with Gasteiger partial charge in [-0.2, -0.15) is 0 Å². The average molecular weight is 378 g/mol. The van der Waals surface area contributed by atoms with Crippen LogP contribution in [-0.2, 0) is 9.53 Å². The molecule has 1 saturated carbocycles. The van der Waals surface area contributed by atoms with E-state index >= 15 is 0 Å². The minimum atomic E-state index is 0.0737. The van der Waals surface area contributed by atoms with Gasteiger partial charge in [0.05, 0.1) is 18.9 Å². The summed E-state index contributed by atoms with van der Waals surface area (Å²) in [5, 5.41) is 6.18. The van der Waals surface area contributed by atoms with Crippen LogP contribution < -0.4 is 5.32 Å². The molecule has 1 aliphatic carbocycles. The highest BCUT2D eigenvalue weighted by Crippen LogP contribution is 2.34. The molecular weight excluding hydrogens is 358 g/mol. The highest BCUT2D eigenvalue weighted by atomic mass is 35.5. The minimum Gasteiger partial charge on any atom is -0.379 e. The van der Waals surface area contributed by atoms with E-state index in [-0.39, 0.29) is 11.8 Å². The van der Waals surface area contributed by atoms with E-state index in [2.05, 4.69) is 15.2 Å². The van der Waals surface area contributed by atoms with Crippen molar-refractivity contribution in [1.82, 2.24) is 9.88 Å². The van der Waals surface area contributed by atoms with E-state index in [1.54, 1.807) is 0 Å². The Balaban J connectivity index is 1.33. The second-order valence-electron chi connectivity index (χ2n) is 6.48. The van der Waals surface area contributed by atoms with Gasteiger partial charge in [-0.25, -0.2) is 4.98 Å². The maximum Gasteiger partial charge on any atom is 0.229 e. The van der Waals surface area contributed by atoms with Crippen LogP contribution in [0.4, 0.5) is 5.13 Å². The number of rotatable bonds is 4. The maximum atomic E-state index is 12.4. The number of benzene rings is 1. The first-order valence-corrected chi connectivity index (χ1v) is 9.79. The summed E-state index contributed by atoms with van der Waals surface area (Å²) < 4.78 is 5.38. The van der Waals surface area contributed by atoms with E-state index < -0.39 is 0 Å². The molecule has 0 bridgehead atoms. The summed E-state index contributed by atoms with van der Waals surface area (Å²) in [7, 11) is 0. The summed E-state index contributed by atoms with van der Waals surface area (Å²) in [6.45, 7) is 3.56. The predicted molar refractivity (Wildman–Crippen MR) is 100 cm³/mol. The number of nitrogens with zero attached hydrogens (tertiary/aromatic N) is 2. The Morgan fingerprint density at radius 2 is 2.04 bits per heavy atom. The van der Waals surface area contributed by atoms with Crippen molar-refractivity contribution in [1.29, 1.82) is 0 Å². The molecule has 1 amide bonds. The fourth-order valence-electron chi connectivity index (χ4n) is 3.37. The zero-order chi connectivity index (χ0) is 17.2. The molecule has 25 heavy (non-hydrogen) atoms. The van der Waals surface area contributed by atoms with Gasteiger partial charge in [0, 0.05) is 41.0 Å². The van der Waals surface area contributed by atoms with Crippen molar-refractivity contribution in [2.24, 2.45) is 5.92 Å². The third-order valence-electron chi connectivity index (χ3n) is 4.93. The van der Waals surface area contributed by atoms with Crippen molar-refractivity contribution in [2.75, 3.05) is 31.6 Å². The van der Waals surface area contributed by atoms with Gasteiger partial charge in [-0.1, -0.05) is 29.8 Å². The van der Waals surface area contributed by atoms with Gasteiger partial charge in [-0.3, -0.25) is 9.69 Å².